The number of benzene rings is 2. The first-order valence-electron chi connectivity index (χ1n) is 11.9. The van der Waals surface area contributed by atoms with Gasteiger partial charge >= 0.3 is 6.09 Å². The summed E-state index contributed by atoms with van der Waals surface area (Å²) in [5, 5.41) is 21.0. The Balaban J connectivity index is 1.22. The Labute approximate surface area is 203 Å². The van der Waals surface area contributed by atoms with Crippen molar-refractivity contribution >= 4 is 6.09 Å². The monoisotopic (exact) mass is 467 g/mol. The van der Waals surface area contributed by atoms with Gasteiger partial charge in [-0.2, -0.15) is 5.26 Å². The van der Waals surface area contributed by atoms with Crippen molar-refractivity contribution in [2.24, 2.45) is 0 Å². The van der Waals surface area contributed by atoms with E-state index >= 15 is 0 Å². The van der Waals surface area contributed by atoms with Gasteiger partial charge in [-0.1, -0.05) is 54.6 Å². The van der Waals surface area contributed by atoms with Gasteiger partial charge in [-0.25, -0.2) is 9.78 Å². The zero-order valence-electron chi connectivity index (χ0n) is 19.1. The van der Waals surface area contributed by atoms with E-state index < -0.39 is 5.60 Å². The number of hydrogen-bond donors (Lipinski definition) is 1. The summed E-state index contributed by atoms with van der Waals surface area (Å²) in [4.78, 5) is 19.2. The first-order valence-corrected chi connectivity index (χ1v) is 11.9. The fourth-order valence-electron chi connectivity index (χ4n) is 6.03. The molecular weight excluding hydrogens is 442 g/mol. The highest BCUT2D eigenvalue weighted by molar-refractivity contribution is 5.79. The second kappa shape index (κ2) is 8.49. The molecule has 0 saturated carbocycles. The molecule has 7 nitrogen and oxygen atoms in total. The van der Waals surface area contributed by atoms with E-state index in [1.807, 2.05) is 24.3 Å². The van der Waals surface area contributed by atoms with Gasteiger partial charge in [0.15, 0.2) is 0 Å². The van der Waals surface area contributed by atoms with Gasteiger partial charge in [-0.05, 0) is 28.3 Å². The van der Waals surface area contributed by atoms with Crippen molar-refractivity contribution in [2.75, 3.05) is 19.8 Å². The summed E-state index contributed by atoms with van der Waals surface area (Å²) >= 11 is 0. The number of fused-ring (bicyclic) bond motifs is 5. The Morgan fingerprint density at radius 1 is 1.06 bits per heavy atom. The molecule has 1 amide bonds. The second-order valence-corrected chi connectivity index (χ2v) is 9.51. The van der Waals surface area contributed by atoms with Gasteiger partial charge in [0, 0.05) is 30.5 Å². The van der Waals surface area contributed by atoms with Crippen LogP contribution in [0.3, 0.4) is 0 Å². The molecule has 1 aromatic heterocycles. The van der Waals surface area contributed by atoms with E-state index in [2.05, 4.69) is 35.3 Å². The van der Waals surface area contributed by atoms with E-state index in [4.69, 9.17) is 9.47 Å². The van der Waals surface area contributed by atoms with Crippen molar-refractivity contribution in [1.29, 1.82) is 5.26 Å². The number of carbonyl (C=O) groups excluding carboxylic acids is 1. The highest BCUT2D eigenvalue weighted by Gasteiger charge is 2.50. The van der Waals surface area contributed by atoms with Crippen LogP contribution in [0.15, 0.2) is 66.9 Å². The normalized spacial score (nSPS) is 24.9. The van der Waals surface area contributed by atoms with E-state index in [0.717, 1.165) is 0 Å². The van der Waals surface area contributed by atoms with E-state index in [-0.39, 0.29) is 49.2 Å². The second-order valence-electron chi connectivity index (χ2n) is 9.51. The molecule has 2 aliphatic heterocycles. The van der Waals surface area contributed by atoms with Crippen LogP contribution in [0.2, 0.25) is 0 Å². The maximum atomic E-state index is 13.4. The third kappa shape index (κ3) is 3.57. The predicted molar refractivity (Wildman–Crippen MR) is 127 cm³/mol. The van der Waals surface area contributed by atoms with Crippen molar-refractivity contribution in [2.45, 2.75) is 36.4 Å². The van der Waals surface area contributed by atoms with Crippen molar-refractivity contribution < 1.29 is 19.4 Å². The van der Waals surface area contributed by atoms with Crippen molar-refractivity contribution in [1.82, 2.24) is 9.88 Å². The number of ether oxygens (including phenoxy) is 2. The smallest absolute Gasteiger partial charge is 0.410 e. The number of nitrogens with zero attached hydrogens (tertiary/aromatic N) is 3. The van der Waals surface area contributed by atoms with Crippen LogP contribution in [-0.2, 0) is 15.1 Å². The fraction of sp³-hybridized carbons (Fsp3) is 0.321. The van der Waals surface area contributed by atoms with Crippen LogP contribution in [0.25, 0.3) is 11.1 Å². The lowest BCUT2D eigenvalue weighted by Gasteiger charge is -2.51. The van der Waals surface area contributed by atoms with E-state index in [0.29, 0.717) is 18.8 Å². The fourth-order valence-corrected chi connectivity index (χ4v) is 6.03. The number of aliphatic hydroxyl groups is 1. The summed E-state index contributed by atoms with van der Waals surface area (Å²) in [5.74, 6) is -0.0160. The molecule has 7 heteroatoms. The van der Waals surface area contributed by atoms with Gasteiger partial charge in [-0.15, -0.1) is 0 Å². The summed E-state index contributed by atoms with van der Waals surface area (Å²) in [7, 11) is 0. The van der Waals surface area contributed by atoms with Crippen LogP contribution in [0.4, 0.5) is 4.79 Å². The number of pyridine rings is 1. The summed E-state index contributed by atoms with van der Waals surface area (Å²) in [6, 6.07) is 21.3. The zero-order chi connectivity index (χ0) is 24.0. The number of morpholine rings is 1. The lowest BCUT2D eigenvalue weighted by atomic mass is 9.76. The number of hydrogen-bond acceptors (Lipinski definition) is 6. The SMILES string of the molecule is N#Cc1ncccc1C1(O)CC2COCC(C1)N2C(=O)OCC1c2ccccc2-c2ccccc21. The molecule has 0 spiro atoms. The largest absolute Gasteiger partial charge is 0.448 e. The molecule has 176 valence electrons. The molecule has 2 fully saturated rings. The number of carbonyl (C=O) groups is 1. The highest BCUT2D eigenvalue weighted by Crippen LogP contribution is 2.45. The third-order valence-corrected chi connectivity index (χ3v) is 7.52. The minimum Gasteiger partial charge on any atom is -0.448 e. The first kappa shape index (κ1) is 21.8. The van der Waals surface area contributed by atoms with Crippen LogP contribution < -0.4 is 0 Å². The molecule has 1 N–H and O–H groups in total. The molecular formula is C28H25N3O4. The Bertz CT molecular complexity index is 1270. The van der Waals surface area contributed by atoms with Crippen LogP contribution in [0, 0.1) is 11.3 Å². The average Bonchev–Trinajstić information content (AvgIpc) is 3.20. The van der Waals surface area contributed by atoms with Crippen molar-refractivity contribution in [3.8, 4) is 17.2 Å². The predicted octanol–water partition coefficient (Wildman–Crippen LogP) is 3.95. The average molecular weight is 468 g/mol. The molecule has 3 aromatic rings. The molecule has 0 radical (unpaired) electrons. The molecule has 3 heterocycles. The van der Waals surface area contributed by atoms with Crippen LogP contribution in [-0.4, -0.2) is 53.0 Å². The minimum atomic E-state index is -1.25. The van der Waals surface area contributed by atoms with E-state index in [9.17, 15) is 15.2 Å². The van der Waals surface area contributed by atoms with E-state index in [1.165, 1.54) is 22.3 Å². The van der Waals surface area contributed by atoms with Crippen molar-refractivity contribution in [3.63, 3.8) is 0 Å². The molecule has 2 unspecified atom stereocenters. The van der Waals surface area contributed by atoms with Gasteiger partial charge in [0.25, 0.3) is 0 Å². The highest BCUT2D eigenvalue weighted by atomic mass is 16.6. The number of rotatable bonds is 3. The summed E-state index contributed by atoms with van der Waals surface area (Å²) in [6.45, 7) is 0.866. The van der Waals surface area contributed by atoms with Crippen LogP contribution in [0.5, 0.6) is 0 Å². The van der Waals surface area contributed by atoms with Crippen LogP contribution >= 0.6 is 0 Å². The Kier molecular flexibility index (Phi) is 5.28. The molecule has 2 bridgehead atoms. The van der Waals surface area contributed by atoms with Crippen LogP contribution in [0.1, 0.15) is 41.1 Å². The molecule has 35 heavy (non-hydrogen) atoms. The molecule has 2 atom stereocenters. The molecule has 6 rings (SSSR count). The molecule has 3 aliphatic rings. The number of piperidine rings is 1. The minimum absolute atomic E-state index is 0.0160. The number of nitriles is 1. The van der Waals surface area contributed by atoms with Gasteiger partial charge < -0.3 is 14.6 Å². The van der Waals surface area contributed by atoms with Crippen molar-refractivity contribution in [3.05, 3.63) is 89.2 Å². The Morgan fingerprint density at radius 2 is 1.69 bits per heavy atom. The number of amides is 1. The standard InChI is InChI=1S/C28H25N3O4/c29-14-26-25(10-5-11-30-26)28(33)12-18-15-34-16-19(13-28)31(18)27(32)35-17-24-22-8-3-1-6-20(22)21-7-2-4-9-23(21)24/h1-11,18-19,24,33H,12-13,15-17H2. The maximum absolute atomic E-state index is 13.4. The number of aromatic nitrogens is 1. The summed E-state index contributed by atoms with van der Waals surface area (Å²) in [6.07, 6.45) is 1.67. The van der Waals surface area contributed by atoms with Gasteiger partial charge in [0.1, 0.15) is 18.4 Å². The molecule has 2 saturated heterocycles. The van der Waals surface area contributed by atoms with Gasteiger partial charge in [0.05, 0.1) is 30.9 Å². The lowest BCUT2D eigenvalue weighted by molar-refractivity contribution is -0.136. The quantitative estimate of drug-likeness (QED) is 0.627. The summed E-state index contributed by atoms with van der Waals surface area (Å²) < 4.78 is 11.7. The zero-order valence-corrected chi connectivity index (χ0v) is 19.1. The maximum Gasteiger partial charge on any atom is 0.410 e. The third-order valence-electron chi connectivity index (χ3n) is 7.52. The van der Waals surface area contributed by atoms with E-state index in [1.54, 1.807) is 23.2 Å². The lowest BCUT2D eigenvalue weighted by Crippen LogP contribution is -2.62. The van der Waals surface area contributed by atoms with Gasteiger partial charge in [0.2, 0.25) is 0 Å². The summed E-state index contributed by atoms with van der Waals surface area (Å²) in [5.41, 5.74) is 4.16. The van der Waals surface area contributed by atoms with Gasteiger partial charge in [-0.3, -0.25) is 4.90 Å². The molecule has 1 aliphatic carbocycles. The first-order chi connectivity index (χ1) is 17.1. The molecule has 2 aromatic carbocycles. The Hall–Kier alpha value is -3.73. The topological polar surface area (TPSA) is 95.7 Å². The Morgan fingerprint density at radius 3 is 2.31 bits per heavy atom.